The van der Waals surface area contributed by atoms with Crippen molar-refractivity contribution in [1.29, 1.82) is 0 Å². The SMILES string of the molecule is C=C(C)C(=O)OC(=O)/C=C\C(=O)O.C=CC(=O)OC. The van der Waals surface area contributed by atoms with Crippen molar-refractivity contribution in [1.82, 2.24) is 0 Å². The van der Waals surface area contributed by atoms with E-state index in [2.05, 4.69) is 22.6 Å². The minimum atomic E-state index is -1.29. The first-order valence-electron chi connectivity index (χ1n) is 4.77. The van der Waals surface area contributed by atoms with Crippen LogP contribution in [0.15, 0.2) is 37.0 Å². The maximum atomic E-state index is 10.7. The second-order valence-electron chi connectivity index (χ2n) is 2.89. The molecule has 0 atom stereocenters. The number of methoxy groups -OCH3 is 1. The van der Waals surface area contributed by atoms with Crippen molar-refractivity contribution in [3.05, 3.63) is 37.0 Å². The number of rotatable bonds is 4. The Morgan fingerprint density at radius 1 is 1.11 bits per heavy atom. The van der Waals surface area contributed by atoms with Gasteiger partial charge in [0.25, 0.3) is 0 Å². The van der Waals surface area contributed by atoms with Crippen LogP contribution in [0.25, 0.3) is 0 Å². The molecule has 0 aliphatic carbocycles. The van der Waals surface area contributed by atoms with Crippen LogP contribution in [-0.2, 0) is 28.7 Å². The molecule has 0 saturated carbocycles. The monoisotopic (exact) mass is 270 g/mol. The van der Waals surface area contributed by atoms with Crippen molar-refractivity contribution >= 4 is 23.9 Å². The summed E-state index contributed by atoms with van der Waals surface area (Å²) in [5, 5.41) is 8.11. The van der Waals surface area contributed by atoms with Crippen LogP contribution in [0.3, 0.4) is 0 Å². The number of carbonyl (C=O) groups excluding carboxylic acids is 3. The highest BCUT2D eigenvalue weighted by Gasteiger charge is 2.07. The third-order valence-electron chi connectivity index (χ3n) is 1.27. The summed E-state index contributed by atoms with van der Waals surface area (Å²) in [6, 6.07) is 0. The molecule has 0 fully saturated rings. The van der Waals surface area contributed by atoms with Gasteiger partial charge >= 0.3 is 23.9 Å². The van der Waals surface area contributed by atoms with Crippen LogP contribution in [0, 0.1) is 0 Å². The van der Waals surface area contributed by atoms with Crippen LogP contribution in [-0.4, -0.2) is 36.1 Å². The van der Waals surface area contributed by atoms with E-state index < -0.39 is 23.9 Å². The molecular weight excluding hydrogens is 256 g/mol. The molecule has 0 aliphatic rings. The largest absolute Gasteiger partial charge is 0.478 e. The normalized spacial score (nSPS) is 8.74. The first kappa shape index (κ1) is 18.7. The van der Waals surface area contributed by atoms with E-state index in [4.69, 9.17) is 5.11 Å². The van der Waals surface area contributed by atoms with Crippen molar-refractivity contribution in [2.24, 2.45) is 0 Å². The fourth-order valence-corrected chi connectivity index (χ4v) is 0.435. The van der Waals surface area contributed by atoms with E-state index in [-0.39, 0.29) is 5.57 Å². The summed E-state index contributed by atoms with van der Waals surface area (Å²) in [6.45, 7) is 7.76. The molecule has 0 aliphatic heterocycles. The van der Waals surface area contributed by atoms with Crippen LogP contribution >= 0.6 is 0 Å². The molecule has 0 rings (SSSR count). The molecule has 19 heavy (non-hydrogen) atoms. The highest BCUT2D eigenvalue weighted by Crippen LogP contribution is 1.93. The lowest BCUT2D eigenvalue weighted by Gasteiger charge is -1.96. The molecule has 0 radical (unpaired) electrons. The van der Waals surface area contributed by atoms with E-state index in [0.717, 1.165) is 6.08 Å². The van der Waals surface area contributed by atoms with Gasteiger partial charge in [-0.3, -0.25) is 0 Å². The van der Waals surface area contributed by atoms with E-state index in [1.54, 1.807) is 0 Å². The lowest BCUT2D eigenvalue weighted by atomic mass is 10.4. The molecule has 0 spiro atoms. The summed E-state index contributed by atoms with van der Waals surface area (Å²) in [4.78, 5) is 41.1. The zero-order valence-electron chi connectivity index (χ0n) is 10.5. The quantitative estimate of drug-likeness (QED) is 0.453. The van der Waals surface area contributed by atoms with Gasteiger partial charge in [0, 0.05) is 23.8 Å². The van der Waals surface area contributed by atoms with E-state index in [9.17, 15) is 19.2 Å². The third-order valence-corrected chi connectivity index (χ3v) is 1.27. The second-order valence-corrected chi connectivity index (χ2v) is 2.89. The predicted molar refractivity (Wildman–Crippen MR) is 64.9 cm³/mol. The van der Waals surface area contributed by atoms with Crippen LogP contribution < -0.4 is 0 Å². The lowest BCUT2D eigenvalue weighted by Crippen LogP contribution is -2.10. The Hall–Kier alpha value is -2.70. The molecule has 0 unspecified atom stereocenters. The van der Waals surface area contributed by atoms with E-state index in [1.165, 1.54) is 14.0 Å². The van der Waals surface area contributed by atoms with Crippen LogP contribution in [0.5, 0.6) is 0 Å². The molecule has 0 saturated heterocycles. The van der Waals surface area contributed by atoms with Gasteiger partial charge in [-0.2, -0.15) is 0 Å². The molecular formula is C12H14O7. The van der Waals surface area contributed by atoms with Gasteiger partial charge in [-0.05, 0) is 6.92 Å². The molecule has 0 heterocycles. The summed E-state index contributed by atoms with van der Waals surface area (Å²) in [5.74, 6) is -3.59. The number of carbonyl (C=O) groups is 4. The topological polar surface area (TPSA) is 107 Å². The Bertz CT molecular complexity index is 418. The second kappa shape index (κ2) is 10.5. The molecule has 7 nitrogen and oxygen atoms in total. The molecule has 0 aromatic heterocycles. The van der Waals surface area contributed by atoms with Gasteiger partial charge in [0.05, 0.1) is 7.11 Å². The van der Waals surface area contributed by atoms with Crippen molar-refractivity contribution in [2.45, 2.75) is 6.92 Å². The van der Waals surface area contributed by atoms with Crippen molar-refractivity contribution in [3.63, 3.8) is 0 Å². The summed E-state index contributed by atoms with van der Waals surface area (Å²) < 4.78 is 8.28. The molecule has 0 aromatic rings. The maximum absolute atomic E-state index is 10.7. The van der Waals surface area contributed by atoms with E-state index in [1.807, 2.05) is 0 Å². The van der Waals surface area contributed by atoms with Gasteiger partial charge in [-0.25, -0.2) is 19.2 Å². The number of carboxylic acids is 1. The van der Waals surface area contributed by atoms with Crippen molar-refractivity contribution < 1.29 is 33.8 Å². The Balaban J connectivity index is 0. The Labute approximate surface area is 109 Å². The maximum Gasteiger partial charge on any atom is 0.340 e. The Morgan fingerprint density at radius 3 is 1.89 bits per heavy atom. The summed E-state index contributed by atoms with van der Waals surface area (Å²) >= 11 is 0. The number of carboxylic acid groups (broad SMARTS) is 1. The van der Waals surface area contributed by atoms with Gasteiger partial charge in [0.15, 0.2) is 0 Å². The number of hydrogen-bond acceptors (Lipinski definition) is 6. The Morgan fingerprint density at radius 2 is 1.63 bits per heavy atom. The number of esters is 3. The molecule has 104 valence electrons. The standard InChI is InChI=1S/C8H8O5.C4H6O2/c1-5(2)8(12)13-7(11)4-3-6(9)10;1-3-4(5)6-2/h3-4H,1H2,2H3,(H,9,10);3H,1H2,2H3/b4-3-;. The lowest BCUT2D eigenvalue weighted by molar-refractivity contribution is -0.153. The van der Waals surface area contributed by atoms with Gasteiger partial charge < -0.3 is 14.6 Å². The predicted octanol–water partition coefficient (Wildman–Crippen LogP) is 0.619. The highest BCUT2D eigenvalue weighted by molar-refractivity contribution is 6.00. The Kier molecular flexibility index (Phi) is 10.3. The van der Waals surface area contributed by atoms with Crippen LogP contribution in [0.1, 0.15) is 6.92 Å². The highest BCUT2D eigenvalue weighted by atomic mass is 16.6. The molecule has 7 heteroatoms. The zero-order valence-corrected chi connectivity index (χ0v) is 10.5. The molecule has 0 bridgehead atoms. The molecule has 0 aromatic carbocycles. The van der Waals surface area contributed by atoms with Crippen molar-refractivity contribution in [3.8, 4) is 0 Å². The first-order valence-corrected chi connectivity index (χ1v) is 4.77. The minimum Gasteiger partial charge on any atom is -0.478 e. The average Bonchev–Trinajstić information content (AvgIpc) is 2.35. The summed E-state index contributed by atoms with van der Waals surface area (Å²) in [7, 11) is 1.31. The van der Waals surface area contributed by atoms with Gasteiger partial charge in [0.1, 0.15) is 0 Å². The van der Waals surface area contributed by atoms with Crippen LogP contribution in [0.2, 0.25) is 0 Å². The molecule has 1 N–H and O–H groups in total. The van der Waals surface area contributed by atoms with E-state index in [0.29, 0.717) is 12.2 Å². The minimum absolute atomic E-state index is 0.0667. The number of ether oxygens (including phenoxy) is 2. The fourth-order valence-electron chi connectivity index (χ4n) is 0.435. The van der Waals surface area contributed by atoms with Crippen LogP contribution in [0.4, 0.5) is 0 Å². The van der Waals surface area contributed by atoms with Gasteiger partial charge in [-0.15, -0.1) is 0 Å². The van der Waals surface area contributed by atoms with E-state index >= 15 is 0 Å². The van der Waals surface area contributed by atoms with Gasteiger partial charge in [0.2, 0.25) is 0 Å². The smallest absolute Gasteiger partial charge is 0.340 e. The summed E-state index contributed by atoms with van der Waals surface area (Å²) in [6.07, 6.45) is 2.33. The van der Waals surface area contributed by atoms with Gasteiger partial charge in [-0.1, -0.05) is 13.2 Å². The third kappa shape index (κ3) is 13.2. The van der Waals surface area contributed by atoms with Crippen molar-refractivity contribution in [2.75, 3.05) is 7.11 Å². The number of hydrogen-bond donors (Lipinski definition) is 1. The fraction of sp³-hybridized carbons (Fsp3) is 0.167. The first-order chi connectivity index (χ1) is 8.74. The number of aliphatic carboxylic acids is 1. The molecule has 0 amide bonds. The summed E-state index contributed by atoms with van der Waals surface area (Å²) in [5.41, 5.74) is 0.0667. The zero-order chi connectivity index (χ0) is 15.4. The average molecular weight is 270 g/mol.